The Hall–Kier alpha value is -0.980. The molecule has 4 nitrogen and oxygen atoms in total. The number of anilines is 1. The average molecular weight is 319 g/mol. The summed E-state index contributed by atoms with van der Waals surface area (Å²) >= 11 is 12.3. The van der Waals surface area contributed by atoms with Gasteiger partial charge in [-0.05, 0) is 18.2 Å². The summed E-state index contributed by atoms with van der Waals surface area (Å²) in [4.78, 5) is 13.6. The van der Waals surface area contributed by atoms with Gasteiger partial charge in [0.05, 0.1) is 18.6 Å². The molecule has 0 unspecified atom stereocenters. The molecule has 0 atom stereocenters. The highest BCUT2D eigenvalue weighted by atomic mass is 35.5. The Balaban J connectivity index is 2.62. The summed E-state index contributed by atoms with van der Waals surface area (Å²) in [5.41, 5.74) is 0.552. The average Bonchev–Trinajstić information content (AvgIpc) is 2.36. The maximum Gasteiger partial charge on any atom is 0.234 e. The summed E-state index contributed by atoms with van der Waals surface area (Å²) in [5, 5.41) is 3.28. The van der Waals surface area contributed by atoms with Gasteiger partial charge in [-0.2, -0.15) is 0 Å². The SMILES string of the molecule is COc1ccc(Cl)cc1NC(=O)CSC(=S)N(C)C. The maximum absolute atomic E-state index is 11.8. The number of hydrogen-bond acceptors (Lipinski definition) is 4. The number of hydrogen-bond donors (Lipinski definition) is 1. The number of ether oxygens (including phenoxy) is 1. The van der Waals surface area contributed by atoms with Gasteiger partial charge in [0.15, 0.2) is 0 Å². The molecule has 0 spiro atoms. The van der Waals surface area contributed by atoms with Gasteiger partial charge in [-0.25, -0.2) is 0 Å². The van der Waals surface area contributed by atoms with Crippen LogP contribution in [0.3, 0.4) is 0 Å². The Morgan fingerprint density at radius 3 is 2.79 bits per heavy atom. The van der Waals surface area contributed by atoms with Crippen LogP contribution in [0.4, 0.5) is 5.69 Å². The lowest BCUT2D eigenvalue weighted by Gasteiger charge is -2.13. The topological polar surface area (TPSA) is 41.6 Å². The van der Waals surface area contributed by atoms with Crippen molar-refractivity contribution in [3.8, 4) is 5.75 Å². The molecule has 7 heteroatoms. The van der Waals surface area contributed by atoms with Gasteiger partial charge >= 0.3 is 0 Å². The van der Waals surface area contributed by atoms with E-state index in [-0.39, 0.29) is 11.7 Å². The van der Waals surface area contributed by atoms with E-state index in [4.69, 9.17) is 28.6 Å². The summed E-state index contributed by atoms with van der Waals surface area (Å²) in [6.07, 6.45) is 0. The summed E-state index contributed by atoms with van der Waals surface area (Å²) in [6, 6.07) is 5.05. The molecular formula is C12H15ClN2O2S2. The Kier molecular flexibility index (Phi) is 6.41. The molecule has 0 radical (unpaired) electrons. The van der Waals surface area contributed by atoms with Crippen LogP contribution >= 0.6 is 35.6 Å². The standard InChI is InChI=1S/C12H15ClN2O2S2/c1-15(2)12(18)19-7-11(16)14-9-6-8(13)4-5-10(9)17-3/h4-6H,7H2,1-3H3,(H,14,16). The molecule has 0 heterocycles. The van der Waals surface area contributed by atoms with Crippen molar-refractivity contribution in [1.82, 2.24) is 4.90 Å². The first-order valence-corrected chi connectivity index (χ1v) is 7.18. The summed E-state index contributed by atoms with van der Waals surface area (Å²) in [5.74, 6) is 0.653. The first kappa shape index (κ1) is 16.1. The summed E-state index contributed by atoms with van der Waals surface area (Å²) in [7, 11) is 5.22. The highest BCUT2D eigenvalue weighted by Crippen LogP contribution is 2.27. The van der Waals surface area contributed by atoms with Gasteiger partial charge in [0.1, 0.15) is 10.1 Å². The van der Waals surface area contributed by atoms with Gasteiger partial charge in [-0.1, -0.05) is 35.6 Å². The third-order valence-corrected chi connectivity index (χ3v) is 4.10. The number of rotatable bonds is 4. The fraction of sp³-hybridized carbons (Fsp3) is 0.333. The molecule has 0 aliphatic rings. The predicted molar refractivity (Wildman–Crippen MR) is 85.4 cm³/mol. The highest BCUT2D eigenvalue weighted by Gasteiger charge is 2.10. The first-order chi connectivity index (χ1) is 8.93. The lowest BCUT2D eigenvalue weighted by molar-refractivity contribution is -0.113. The number of carbonyl (C=O) groups excluding carboxylic acids is 1. The zero-order chi connectivity index (χ0) is 14.4. The quantitative estimate of drug-likeness (QED) is 0.865. The molecule has 1 aromatic carbocycles. The van der Waals surface area contributed by atoms with Crippen LogP contribution in [0.1, 0.15) is 0 Å². The van der Waals surface area contributed by atoms with Gasteiger partial charge in [-0.15, -0.1) is 0 Å². The zero-order valence-corrected chi connectivity index (χ0v) is 13.3. The molecular weight excluding hydrogens is 304 g/mol. The number of halogens is 1. The fourth-order valence-corrected chi connectivity index (χ4v) is 2.15. The number of carbonyl (C=O) groups is 1. The highest BCUT2D eigenvalue weighted by molar-refractivity contribution is 8.23. The second kappa shape index (κ2) is 7.57. The van der Waals surface area contributed by atoms with Crippen LogP contribution in [0.25, 0.3) is 0 Å². The molecule has 19 heavy (non-hydrogen) atoms. The van der Waals surface area contributed by atoms with E-state index in [2.05, 4.69) is 5.32 Å². The third kappa shape index (κ3) is 5.26. The van der Waals surface area contributed by atoms with Crippen molar-refractivity contribution >= 4 is 51.5 Å². The van der Waals surface area contributed by atoms with Crippen LogP contribution in [0, 0.1) is 0 Å². The van der Waals surface area contributed by atoms with Crippen LogP contribution in [-0.4, -0.2) is 42.1 Å². The predicted octanol–water partition coefficient (Wildman–Crippen LogP) is 2.87. The smallest absolute Gasteiger partial charge is 0.234 e. The molecule has 104 valence electrons. The minimum atomic E-state index is -0.158. The minimum Gasteiger partial charge on any atom is -0.495 e. The van der Waals surface area contributed by atoms with Gasteiger partial charge in [-0.3, -0.25) is 4.79 Å². The number of amides is 1. The van der Waals surface area contributed by atoms with E-state index in [0.29, 0.717) is 20.8 Å². The van der Waals surface area contributed by atoms with Crippen LogP contribution in [0.2, 0.25) is 5.02 Å². The van der Waals surface area contributed by atoms with E-state index in [1.165, 1.54) is 18.9 Å². The van der Waals surface area contributed by atoms with Crippen molar-refractivity contribution in [2.45, 2.75) is 0 Å². The lowest BCUT2D eigenvalue weighted by Crippen LogP contribution is -2.21. The Labute approximate surface area is 127 Å². The van der Waals surface area contributed by atoms with Crippen LogP contribution in [0.5, 0.6) is 5.75 Å². The molecule has 0 fully saturated rings. The first-order valence-electron chi connectivity index (χ1n) is 5.41. The minimum absolute atomic E-state index is 0.158. The van der Waals surface area contributed by atoms with Crippen LogP contribution < -0.4 is 10.1 Å². The van der Waals surface area contributed by atoms with Crippen molar-refractivity contribution in [3.63, 3.8) is 0 Å². The molecule has 1 rings (SSSR count). The largest absolute Gasteiger partial charge is 0.495 e. The normalized spacial score (nSPS) is 9.89. The van der Waals surface area contributed by atoms with E-state index < -0.39 is 0 Å². The van der Waals surface area contributed by atoms with E-state index in [9.17, 15) is 4.79 Å². The van der Waals surface area contributed by atoms with Crippen molar-refractivity contribution in [3.05, 3.63) is 23.2 Å². The van der Waals surface area contributed by atoms with Crippen molar-refractivity contribution in [2.24, 2.45) is 0 Å². The lowest BCUT2D eigenvalue weighted by atomic mass is 10.3. The molecule has 1 aromatic rings. The van der Waals surface area contributed by atoms with E-state index in [0.717, 1.165) is 0 Å². The number of thiocarbonyl (C=S) groups is 1. The Bertz CT molecular complexity index is 481. The number of thioether (sulfide) groups is 1. The van der Waals surface area contributed by atoms with Crippen LogP contribution in [0.15, 0.2) is 18.2 Å². The Morgan fingerprint density at radius 2 is 2.21 bits per heavy atom. The van der Waals surface area contributed by atoms with Gasteiger partial charge < -0.3 is 15.0 Å². The van der Waals surface area contributed by atoms with Gasteiger partial charge in [0.25, 0.3) is 0 Å². The number of methoxy groups -OCH3 is 1. The molecule has 0 bridgehead atoms. The summed E-state index contributed by atoms with van der Waals surface area (Å²) in [6.45, 7) is 0. The number of nitrogens with zero attached hydrogens (tertiary/aromatic N) is 1. The monoisotopic (exact) mass is 318 g/mol. The van der Waals surface area contributed by atoms with Crippen molar-refractivity contribution in [2.75, 3.05) is 32.3 Å². The zero-order valence-electron chi connectivity index (χ0n) is 10.9. The van der Waals surface area contributed by atoms with Gasteiger partial charge in [0.2, 0.25) is 5.91 Å². The molecule has 0 aromatic heterocycles. The molecule has 0 saturated carbocycles. The van der Waals surface area contributed by atoms with Crippen LogP contribution in [-0.2, 0) is 4.79 Å². The third-order valence-electron chi connectivity index (χ3n) is 2.13. The summed E-state index contributed by atoms with van der Waals surface area (Å²) < 4.78 is 5.81. The van der Waals surface area contributed by atoms with Gasteiger partial charge in [0, 0.05) is 19.1 Å². The van der Waals surface area contributed by atoms with Crippen molar-refractivity contribution < 1.29 is 9.53 Å². The molecule has 0 saturated heterocycles. The van der Waals surface area contributed by atoms with E-state index in [1.807, 2.05) is 14.1 Å². The molecule has 1 amide bonds. The Morgan fingerprint density at radius 1 is 1.53 bits per heavy atom. The fourth-order valence-electron chi connectivity index (χ4n) is 1.22. The van der Waals surface area contributed by atoms with E-state index in [1.54, 1.807) is 23.1 Å². The second-order valence-electron chi connectivity index (χ2n) is 3.84. The molecule has 0 aliphatic carbocycles. The number of nitrogens with one attached hydrogen (secondary N) is 1. The van der Waals surface area contributed by atoms with E-state index >= 15 is 0 Å². The second-order valence-corrected chi connectivity index (χ2v) is 5.89. The molecule has 1 N–H and O–H groups in total. The van der Waals surface area contributed by atoms with Crippen molar-refractivity contribution in [1.29, 1.82) is 0 Å². The maximum atomic E-state index is 11.8. The number of benzene rings is 1. The molecule has 0 aliphatic heterocycles.